The number of ether oxygens (including phenoxy) is 1. The van der Waals surface area contributed by atoms with Crippen molar-refractivity contribution < 1.29 is 27.9 Å². The lowest BCUT2D eigenvalue weighted by Crippen LogP contribution is -2.48. The molecule has 1 N–H and O–H groups in total. The van der Waals surface area contributed by atoms with E-state index in [1.165, 1.54) is 0 Å². The van der Waals surface area contributed by atoms with Crippen molar-refractivity contribution in [3.8, 4) is 5.75 Å². The number of rotatable bonds is 8. The Morgan fingerprint density at radius 2 is 1.81 bits per heavy atom. The molecule has 1 amide bonds. The highest BCUT2D eigenvalue weighted by molar-refractivity contribution is 7.91. The van der Waals surface area contributed by atoms with Crippen molar-refractivity contribution >= 4 is 21.7 Å². The second kappa shape index (κ2) is 10.0. The topological polar surface area (TPSA) is 101 Å². The van der Waals surface area contributed by atoms with E-state index in [1.54, 1.807) is 11.0 Å². The first-order valence-electron chi connectivity index (χ1n) is 10.9. The molecule has 1 fully saturated rings. The molecule has 8 heteroatoms. The Bertz CT molecular complexity index is 922. The summed E-state index contributed by atoms with van der Waals surface area (Å²) in [6.45, 7) is 11.1. The van der Waals surface area contributed by atoms with Gasteiger partial charge in [-0.1, -0.05) is 40.7 Å². The van der Waals surface area contributed by atoms with Gasteiger partial charge in [-0.15, -0.1) is 0 Å². The van der Waals surface area contributed by atoms with Crippen LogP contribution >= 0.6 is 0 Å². The van der Waals surface area contributed by atoms with E-state index in [4.69, 9.17) is 4.74 Å². The zero-order valence-electron chi connectivity index (χ0n) is 19.3. The third-order valence-electron chi connectivity index (χ3n) is 5.95. The molecule has 1 aliphatic rings. The first kappa shape index (κ1) is 25.2. The summed E-state index contributed by atoms with van der Waals surface area (Å²) in [5, 5.41) is 10.6. The van der Waals surface area contributed by atoms with Gasteiger partial charge in [0.25, 0.3) is 5.91 Å². The molecule has 31 heavy (non-hydrogen) atoms. The molecule has 0 bridgehead atoms. The van der Waals surface area contributed by atoms with Crippen LogP contribution < -0.4 is 0 Å². The molecule has 7 nitrogen and oxygen atoms in total. The van der Waals surface area contributed by atoms with Crippen molar-refractivity contribution in [2.75, 3.05) is 18.1 Å². The lowest BCUT2D eigenvalue weighted by Gasteiger charge is -2.33. The van der Waals surface area contributed by atoms with Crippen molar-refractivity contribution in [3.63, 3.8) is 0 Å². The highest BCUT2D eigenvalue weighted by atomic mass is 32.2. The van der Waals surface area contributed by atoms with Crippen molar-refractivity contribution in [3.05, 3.63) is 28.8 Å². The first-order valence-corrected chi connectivity index (χ1v) is 12.8. The van der Waals surface area contributed by atoms with Crippen LogP contribution in [0.1, 0.15) is 87.7 Å². The van der Waals surface area contributed by atoms with Gasteiger partial charge < -0.3 is 14.7 Å². The smallest absolute Gasteiger partial charge is 0.342 e. The summed E-state index contributed by atoms with van der Waals surface area (Å²) < 4.78 is 29.1. The predicted octanol–water partition coefficient (Wildman–Crippen LogP) is 3.61. The van der Waals surface area contributed by atoms with E-state index >= 15 is 0 Å². The van der Waals surface area contributed by atoms with Crippen LogP contribution in [0.4, 0.5) is 0 Å². The minimum atomic E-state index is -3.16. The first-order chi connectivity index (χ1) is 14.4. The van der Waals surface area contributed by atoms with Gasteiger partial charge in [-0.2, -0.15) is 0 Å². The maximum atomic E-state index is 12.9. The fourth-order valence-corrected chi connectivity index (χ4v) is 5.60. The molecule has 0 unspecified atom stereocenters. The molecule has 1 aromatic carbocycles. The van der Waals surface area contributed by atoms with E-state index in [9.17, 15) is 23.1 Å². The van der Waals surface area contributed by atoms with Crippen LogP contribution in [0.25, 0.3) is 0 Å². The third-order valence-corrected chi connectivity index (χ3v) is 7.70. The maximum Gasteiger partial charge on any atom is 0.342 e. The number of esters is 1. The second-order valence-corrected chi connectivity index (χ2v) is 11.2. The summed E-state index contributed by atoms with van der Waals surface area (Å²) in [4.78, 5) is 27.2. The number of carbonyl (C=O) groups excluding carboxylic acids is 2. The largest absolute Gasteiger partial charge is 0.507 e. The van der Waals surface area contributed by atoms with E-state index in [0.717, 1.165) is 5.56 Å². The molecule has 1 saturated heterocycles. The molecule has 174 valence electrons. The Labute approximate surface area is 185 Å². The van der Waals surface area contributed by atoms with Gasteiger partial charge in [-0.25, -0.2) is 13.2 Å². The number of sulfone groups is 1. The normalized spacial score (nSPS) is 18.9. The molecule has 2 atom stereocenters. The van der Waals surface area contributed by atoms with E-state index < -0.39 is 34.4 Å². The summed E-state index contributed by atoms with van der Waals surface area (Å²) in [5.74, 6) is -1.16. The quantitative estimate of drug-likeness (QED) is 0.604. The number of carbonyl (C=O) groups is 2. The molecule has 0 aromatic heterocycles. The molecule has 1 aromatic rings. The molecular formula is C23H35NO6S. The fourth-order valence-electron chi connectivity index (χ4n) is 3.89. The summed E-state index contributed by atoms with van der Waals surface area (Å²) in [6.07, 6.45) is 1.05. The Morgan fingerprint density at radius 3 is 2.29 bits per heavy atom. The van der Waals surface area contributed by atoms with Gasteiger partial charge in [0.15, 0.2) is 16.4 Å². The van der Waals surface area contributed by atoms with Gasteiger partial charge in [0.05, 0.1) is 11.5 Å². The van der Waals surface area contributed by atoms with Gasteiger partial charge in [0.1, 0.15) is 11.3 Å². The molecule has 2 rings (SSSR count). The Morgan fingerprint density at radius 1 is 1.16 bits per heavy atom. The molecule has 1 heterocycles. The number of phenolic OH excluding ortho intramolecular Hbond substituents is 1. The predicted molar refractivity (Wildman–Crippen MR) is 120 cm³/mol. The summed E-state index contributed by atoms with van der Waals surface area (Å²) in [6, 6.07) is 2.91. The molecule has 0 spiro atoms. The van der Waals surface area contributed by atoms with Gasteiger partial charge in [-0.3, -0.25) is 4.79 Å². The van der Waals surface area contributed by atoms with Crippen molar-refractivity contribution in [2.24, 2.45) is 0 Å². The SMILES string of the molecule is CC[C@H](C)N(C(=O)COC(=O)c1cc(C(C)C)cc(C(C)C)c1O)[C@H]1CCS(=O)(=O)C1. The zero-order valence-corrected chi connectivity index (χ0v) is 20.2. The minimum Gasteiger partial charge on any atom is -0.507 e. The Balaban J connectivity index is 2.21. The van der Waals surface area contributed by atoms with Crippen LogP contribution in [0.15, 0.2) is 12.1 Å². The van der Waals surface area contributed by atoms with E-state index in [1.807, 2.05) is 47.6 Å². The van der Waals surface area contributed by atoms with Gasteiger partial charge >= 0.3 is 5.97 Å². The van der Waals surface area contributed by atoms with Crippen LogP contribution in [0.3, 0.4) is 0 Å². The minimum absolute atomic E-state index is 0.0112. The maximum absolute atomic E-state index is 12.9. The summed E-state index contributed by atoms with van der Waals surface area (Å²) in [7, 11) is -3.16. The number of benzene rings is 1. The Kier molecular flexibility index (Phi) is 8.14. The third kappa shape index (κ3) is 5.99. The molecule has 0 saturated carbocycles. The molecule has 1 aliphatic heterocycles. The average molecular weight is 454 g/mol. The standard InChI is InChI=1S/C23H35NO6S/c1-7-16(6)24(18-8-9-31(28,29)13-18)21(25)12-30-23(27)20-11-17(14(2)3)10-19(15(4)5)22(20)26/h10-11,14-16,18,26H,7-9,12-13H2,1-6H3/t16-,18-/m0/s1. The number of amides is 1. The number of aromatic hydroxyl groups is 1. The highest BCUT2D eigenvalue weighted by Gasteiger charge is 2.37. The monoisotopic (exact) mass is 453 g/mol. The van der Waals surface area contributed by atoms with Gasteiger partial charge in [-0.05, 0) is 48.8 Å². The number of hydrogen-bond donors (Lipinski definition) is 1. The van der Waals surface area contributed by atoms with Crippen molar-refractivity contribution in [1.29, 1.82) is 0 Å². The number of hydrogen-bond acceptors (Lipinski definition) is 6. The van der Waals surface area contributed by atoms with Crippen molar-refractivity contribution in [1.82, 2.24) is 4.90 Å². The van der Waals surface area contributed by atoms with Gasteiger partial charge in [0.2, 0.25) is 0 Å². The fraction of sp³-hybridized carbons (Fsp3) is 0.652. The van der Waals surface area contributed by atoms with Crippen LogP contribution in [-0.2, 0) is 19.4 Å². The van der Waals surface area contributed by atoms with Crippen molar-refractivity contribution in [2.45, 2.75) is 78.3 Å². The number of nitrogens with zero attached hydrogens (tertiary/aromatic N) is 1. The summed E-state index contributed by atoms with van der Waals surface area (Å²) >= 11 is 0. The number of phenols is 1. The van der Waals surface area contributed by atoms with Gasteiger partial charge in [0, 0.05) is 12.1 Å². The van der Waals surface area contributed by atoms with E-state index in [-0.39, 0.29) is 40.7 Å². The Hall–Kier alpha value is -2.09. The molecular weight excluding hydrogens is 418 g/mol. The van der Waals surface area contributed by atoms with Crippen LogP contribution in [0.5, 0.6) is 5.75 Å². The lowest BCUT2D eigenvalue weighted by molar-refractivity contribution is -0.138. The molecule has 0 aliphatic carbocycles. The average Bonchev–Trinajstić information content (AvgIpc) is 3.04. The zero-order chi connectivity index (χ0) is 23.5. The highest BCUT2D eigenvalue weighted by Crippen LogP contribution is 2.33. The van der Waals surface area contributed by atoms with Crippen LogP contribution in [0, 0.1) is 0 Å². The molecule has 0 radical (unpaired) electrons. The van der Waals surface area contributed by atoms with Crippen LogP contribution in [0.2, 0.25) is 0 Å². The van der Waals surface area contributed by atoms with Crippen LogP contribution in [-0.4, -0.2) is 60.5 Å². The van der Waals surface area contributed by atoms with E-state index in [0.29, 0.717) is 18.4 Å². The second-order valence-electron chi connectivity index (χ2n) is 9.01. The lowest BCUT2D eigenvalue weighted by atomic mass is 9.92. The van der Waals surface area contributed by atoms with E-state index in [2.05, 4.69) is 0 Å². The summed E-state index contributed by atoms with van der Waals surface area (Å²) in [5.41, 5.74) is 1.60.